The van der Waals surface area contributed by atoms with Crippen molar-refractivity contribution in [3.63, 3.8) is 0 Å². The van der Waals surface area contributed by atoms with Gasteiger partial charge in [-0.2, -0.15) is 0 Å². The molecule has 6 nitrogen and oxygen atoms in total. The number of hydrogen-bond donors (Lipinski definition) is 0. The van der Waals surface area contributed by atoms with Crippen LogP contribution >= 0.6 is 0 Å². The van der Waals surface area contributed by atoms with Gasteiger partial charge in [-0.05, 0) is 48.7 Å². The van der Waals surface area contributed by atoms with Crippen LogP contribution in [0.3, 0.4) is 0 Å². The smallest absolute Gasteiger partial charge is 0.248 e. The van der Waals surface area contributed by atoms with Crippen LogP contribution in [0.5, 0.6) is 11.6 Å². The minimum absolute atomic E-state index is 0.0271. The van der Waals surface area contributed by atoms with Crippen molar-refractivity contribution in [1.82, 2.24) is 9.29 Å². The molecule has 1 aliphatic heterocycles. The van der Waals surface area contributed by atoms with E-state index in [1.807, 2.05) is 0 Å². The first kappa shape index (κ1) is 17.8. The van der Waals surface area contributed by atoms with Gasteiger partial charge in [-0.1, -0.05) is 0 Å². The van der Waals surface area contributed by atoms with Crippen molar-refractivity contribution in [3.05, 3.63) is 48.4 Å². The zero-order valence-electron chi connectivity index (χ0n) is 13.8. The van der Waals surface area contributed by atoms with Gasteiger partial charge in [0.1, 0.15) is 16.5 Å². The minimum atomic E-state index is -3.77. The molecule has 0 aliphatic carbocycles. The Morgan fingerprint density at radius 1 is 1.32 bits per heavy atom. The summed E-state index contributed by atoms with van der Waals surface area (Å²) in [5.41, 5.74) is 0. The van der Waals surface area contributed by atoms with Crippen molar-refractivity contribution in [1.29, 1.82) is 0 Å². The minimum Gasteiger partial charge on any atom is -0.438 e. The Morgan fingerprint density at radius 2 is 2.08 bits per heavy atom. The maximum absolute atomic E-state index is 13.0. The van der Waals surface area contributed by atoms with Gasteiger partial charge in [-0.3, -0.25) is 0 Å². The second-order valence-corrected chi connectivity index (χ2v) is 7.89. The molecule has 0 N–H and O–H groups in total. The van der Waals surface area contributed by atoms with Gasteiger partial charge in [-0.25, -0.2) is 22.1 Å². The van der Waals surface area contributed by atoms with Crippen molar-refractivity contribution in [3.8, 4) is 11.6 Å². The van der Waals surface area contributed by atoms with Crippen molar-refractivity contribution >= 4 is 10.0 Å². The number of nitrogens with zero attached hydrogens (tertiary/aromatic N) is 2. The summed E-state index contributed by atoms with van der Waals surface area (Å²) in [6.45, 7) is 1.59. The van der Waals surface area contributed by atoms with Crippen LogP contribution in [0.4, 0.5) is 4.39 Å². The van der Waals surface area contributed by atoms with E-state index in [0.29, 0.717) is 25.5 Å². The third-order valence-electron chi connectivity index (χ3n) is 3.99. The lowest BCUT2D eigenvalue weighted by molar-refractivity contribution is 0.182. The zero-order chi connectivity index (χ0) is 17.9. The summed E-state index contributed by atoms with van der Waals surface area (Å²) in [5, 5.41) is 0. The molecule has 0 bridgehead atoms. The van der Waals surface area contributed by atoms with Crippen LogP contribution in [0.25, 0.3) is 0 Å². The van der Waals surface area contributed by atoms with Crippen LogP contribution in [0.15, 0.2) is 47.5 Å². The molecule has 1 unspecified atom stereocenters. The number of pyridine rings is 1. The van der Waals surface area contributed by atoms with Crippen LogP contribution < -0.4 is 4.74 Å². The van der Waals surface area contributed by atoms with Gasteiger partial charge >= 0.3 is 0 Å². The lowest BCUT2D eigenvalue weighted by Gasteiger charge is -2.21. The van der Waals surface area contributed by atoms with E-state index in [0.717, 1.165) is 6.42 Å². The first-order chi connectivity index (χ1) is 12.0. The molecular weight excluding hydrogens is 347 g/mol. The predicted octanol–water partition coefficient (Wildman–Crippen LogP) is 2.67. The Hall–Kier alpha value is -2.03. The quantitative estimate of drug-likeness (QED) is 0.786. The number of benzene rings is 1. The average Bonchev–Trinajstić information content (AvgIpc) is 3.10. The largest absolute Gasteiger partial charge is 0.438 e. The summed E-state index contributed by atoms with van der Waals surface area (Å²) in [6, 6.07) is 8.29. The molecule has 134 valence electrons. The molecule has 3 rings (SSSR count). The Morgan fingerprint density at radius 3 is 2.76 bits per heavy atom. The third-order valence-corrected chi connectivity index (χ3v) is 5.83. The zero-order valence-corrected chi connectivity index (χ0v) is 14.6. The van der Waals surface area contributed by atoms with Gasteiger partial charge in [0.05, 0.1) is 6.61 Å². The molecule has 1 aliphatic rings. The van der Waals surface area contributed by atoms with Gasteiger partial charge in [0.25, 0.3) is 0 Å². The van der Waals surface area contributed by atoms with Crippen LogP contribution in [0.2, 0.25) is 0 Å². The van der Waals surface area contributed by atoms with Gasteiger partial charge in [0.2, 0.25) is 15.9 Å². The summed E-state index contributed by atoms with van der Waals surface area (Å²) in [7, 11) is -2.24. The predicted molar refractivity (Wildman–Crippen MR) is 89.5 cm³/mol. The topological polar surface area (TPSA) is 68.7 Å². The second-order valence-electron chi connectivity index (χ2n) is 5.88. The average molecular weight is 366 g/mol. The normalized spacial score (nSPS) is 17.8. The highest BCUT2D eigenvalue weighted by atomic mass is 32.2. The van der Waals surface area contributed by atoms with Crippen molar-refractivity contribution in [2.45, 2.75) is 11.3 Å². The highest BCUT2D eigenvalue weighted by molar-refractivity contribution is 7.89. The lowest BCUT2D eigenvalue weighted by Crippen LogP contribution is -2.32. The molecule has 1 fully saturated rings. The van der Waals surface area contributed by atoms with Gasteiger partial charge in [0.15, 0.2) is 0 Å². The molecule has 0 saturated carbocycles. The summed E-state index contributed by atoms with van der Waals surface area (Å²) < 4.78 is 50.9. The van der Waals surface area contributed by atoms with E-state index in [9.17, 15) is 12.8 Å². The van der Waals surface area contributed by atoms with Crippen molar-refractivity contribution in [2.75, 3.05) is 26.8 Å². The number of ether oxygens (including phenoxy) is 2. The molecule has 0 amide bonds. The van der Waals surface area contributed by atoms with Crippen molar-refractivity contribution < 1.29 is 22.3 Å². The third kappa shape index (κ3) is 4.15. The maximum atomic E-state index is 13.0. The molecule has 1 saturated heterocycles. The summed E-state index contributed by atoms with van der Waals surface area (Å²) in [6.07, 6.45) is 2.29. The highest BCUT2D eigenvalue weighted by Crippen LogP contribution is 2.29. The first-order valence-electron chi connectivity index (χ1n) is 7.89. The summed E-state index contributed by atoms with van der Waals surface area (Å²) >= 11 is 0. The molecule has 2 heterocycles. The number of rotatable bonds is 6. The molecule has 1 atom stereocenters. The standard InChI is InChI=1S/C17H19FN2O4S/c1-20(11-13-8-10-23-12-13)25(21,22)16-3-2-9-19-17(16)24-15-6-4-14(18)5-7-15/h2-7,9,13H,8,10-12H2,1H3. The maximum Gasteiger partial charge on any atom is 0.248 e. The molecule has 0 radical (unpaired) electrons. The number of halogens is 1. The molecule has 8 heteroatoms. The van der Waals surface area contributed by atoms with Crippen LogP contribution in [-0.4, -0.2) is 44.5 Å². The van der Waals surface area contributed by atoms with Crippen LogP contribution in [-0.2, 0) is 14.8 Å². The summed E-state index contributed by atoms with van der Waals surface area (Å²) in [4.78, 5) is 4.00. The molecule has 2 aromatic rings. The Labute approximate surface area is 146 Å². The second kappa shape index (κ2) is 7.47. The Kier molecular flexibility index (Phi) is 5.31. The van der Waals surface area contributed by atoms with Gasteiger partial charge in [-0.15, -0.1) is 0 Å². The van der Waals surface area contributed by atoms with E-state index in [1.165, 1.54) is 53.9 Å². The first-order valence-corrected chi connectivity index (χ1v) is 9.33. The van der Waals surface area contributed by atoms with E-state index in [2.05, 4.69) is 4.98 Å². The number of aromatic nitrogens is 1. The van der Waals surface area contributed by atoms with Crippen LogP contribution in [0.1, 0.15) is 6.42 Å². The molecule has 1 aromatic heterocycles. The molecular formula is C17H19FN2O4S. The van der Waals surface area contributed by atoms with E-state index < -0.39 is 15.8 Å². The van der Waals surface area contributed by atoms with Crippen LogP contribution in [0, 0.1) is 11.7 Å². The fourth-order valence-electron chi connectivity index (χ4n) is 2.62. The van der Waals surface area contributed by atoms with E-state index in [4.69, 9.17) is 9.47 Å². The highest BCUT2D eigenvalue weighted by Gasteiger charge is 2.29. The van der Waals surface area contributed by atoms with Gasteiger partial charge < -0.3 is 9.47 Å². The Balaban J connectivity index is 1.84. The Bertz CT molecular complexity index is 821. The van der Waals surface area contributed by atoms with E-state index >= 15 is 0 Å². The fourth-order valence-corrected chi connectivity index (χ4v) is 3.93. The monoisotopic (exact) mass is 366 g/mol. The van der Waals surface area contributed by atoms with E-state index in [-0.39, 0.29) is 16.7 Å². The van der Waals surface area contributed by atoms with E-state index in [1.54, 1.807) is 0 Å². The molecule has 25 heavy (non-hydrogen) atoms. The lowest BCUT2D eigenvalue weighted by atomic mass is 10.1. The number of sulfonamides is 1. The van der Waals surface area contributed by atoms with Gasteiger partial charge in [0, 0.05) is 26.4 Å². The number of hydrogen-bond acceptors (Lipinski definition) is 5. The summed E-state index contributed by atoms with van der Waals surface area (Å²) in [5.74, 6) is 0.0460. The molecule has 0 spiro atoms. The van der Waals surface area contributed by atoms with Crippen molar-refractivity contribution in [2.24, 2.45) is 5.92 Å². The SMILES string of the molecule is CN(CC1CCOC1)S(=O)(=O)c1cccnc1Oc1ccc(F)cc1. The molecule has 1 aromatic carbocycles. The fraction of sp³-hybridized carbons (Fsp3) is 0.353.